The Morgan fingerprint density at radius 1 is 0.455 bits per heavy atom. The summed E-state index contributed by atoms with van der Waals surface area (Å²) in [6, 6.07) is 20.5. The molecule has 0 spiro atoms. The maximum Gasteiger partial charge on any atom is 0.165 e. The fraction of sp³-hybridized carbons (Fsp3) is 0. The van der Waals surface area contributed by atoms with E-state index in [9.17, 15) is 10.2 Å². The van der Waals surface area contributed by atoms with Crippen molar-refractivity contribution >= 4 is 0 Å². The molecular formula is C18H16O4. The van der Waals surface area contributed by atoms with Crippen LogP contribution in [0.3, 0.4) is 0 Å². The van der Waals surface area contributed by atoms with Crippen molar-refractivity contribution in [3.8, 4) is 34.1 Å². The van der Waals surface area contributed by atoms with Gasteiger partial charge in [-0.1, -0.05) is 54.6 Å². The van der Waals surface area contributed by atoms with Gasteiger partial charge in [-0.2, -0.15) is 0 Å². The van der Waals surface area contributed by atoms with Gasteiger partial charge in [0.2, 0.25) is 0 Å². The van der Waals surface area contributed by atoms with Crippen LogP contribution in [0.5, 0.6) is 23.0 Å². The molecule has 0 bridgehead atoms. The highest BCUT2D eigenvalue weighted by Gasteiger charge is 2.06. The number of aromatic hydroxyl groups is 4. The Bertz CT molecular complexity index is 718. The van der Waals surface area contributed by atoms with Crippen molar-refractivity contribution in [2.75, 3.05) is 0 Å². The van der Waals surface area contributed by atoms with Crippen LogP contribution in [0.2, 0.25) is 0 Å². The normalized spacial score (nSPS) is 9.64. The predicted octanol–water partition coefficient (Wildman–Crippen LogP) is 3.86. The van der Waals surface area contributed by atoms with Crippen molar-refractivity contribution in [1.29, 1.82) is 0 Å². The number of phenolic OH excluding ortho intramolecular Hbond substituents is 4. The van der Waals surface area contributed by atoms with Gasteiger partial charge in [-0.15, -0.1) is 0 Å². The van der Waals surface area contributed by atoms with E-state index in [1.807, 2.05) is 30.3 Å². The summed E-state index contributed by atoms with van der Waals surface area (Å²) in [5.41, 5.74) is 1.53. The van der Waals surface area contributed by atoms with Gasteiger partial charge in [0.05, 0.1) is 0 Å². The molecule has 0 fully saturated rings. The Hall–Kier alpha value is -3.14. The molecule has 112 valence electrons. The lowest BCUT2D eigenvalue weighted by atomic mass is 10.0. The molecule has 4 nitrogen and oxygen atoms in total. The van der Waals surface area contributed by atoms with Gasteiger partial charge in [-0.3, -0.25) is 0 Å². The Labute approximate surface area is 128 Å². The quantitative estimate of drug-likeness (QED) is 0.514. The van der Waals surface area contributed by atoms with Crippen molar-refractivity contribution < 1.29 is 20.4 Å². The summed E-state index contributed by atoms with van der Waals surface area (Å²) in [6.45, 7) is 0. The molecule has 0 aliphatic rings. The number of hydrogen-bond acceptors (Lipinski definition) is 4. The fourth-order valence-corrected chi connectivity index (χ4v) is 1.85. The fourth-order valence-electron chi connectivity index (χ4n) is 1.85. The van der Waals surface area contributed by atoms with E-state index in [2.05, 4.69) is 0 Å². The summed E-state index contributed by atoms with van der Waals surface area (Å²) < 4.78 is 0. The van der Waals surface area contributed by atoms with Crippen LogP contribution in [0.4, 0.5) is 0 Å². The van der Waals surface area contributed by atoms with E-state index in [1.165, 1.54) is 18.2 Å². The summed E-state index contributed by atoms with van der Waals surface area (Å²) in [6.07, 6.45) is 0. The Morgan fingerprint density at radius 2 is 0.955 bits per heavy atom. The van der Waals surface area contributed by atoms with E-state index >= 15 is 0 Å². The first-order valence-electron chi connectivity index (χ1n) is 6.63. The topological polar surface area (TPSA) is 80.9 Å². The van der Waals surface area contributed by atoms with Crippen molar-refractivity contribution in [2.24, 2.45) is 0 Å². The minimum Gasteiger partial charge on any atom is -0.504 e. The average molecular weight is 296 g/mol. The highest BCUT2D eigenvalue weighted by Crippen LogP contribution is 2.35. The van der Waals surface area contributed by atoms with Crippen molar-refractivity contribution in [3.63, 3.8) is 0 Å². The summed E-state index contributed by atoms with van der Waals surface area (Å²) in [4.78, 5) is 0. The molecule has 0 saturated heterocycles. The van der Waals surface area contributed by atoms with Gasteiger partial charge in [0.1, 0.15) is 0 Å². The maximum atomic E-state index is 9.60. The van der Waals surface area contributed by atoms with Crippen LogP contribution in [0, 0.1) is 0 Å². The lowest BCUT2D eigenvalue weighted by molar-refractivity contribution is 0.404. The van der Waals surface area contributed by atoms with Crippen LogP contribution >= 0.6 is 0 Å². The highest BCUT2D eigenvalue weighted by molar-refractivity contribution is 5.72. The van der Waals surface area contributed by atoms with E-state index in [4.69, 9.17) is 10.2 Å². The molecule has 0 atom stereocenters. The average Bonchev–Trinajstić information content (AvgIpc) is 2.54. The number of benzene rings is 3. The second kappa shape index (κ2) is 7.04. The molecule has 0 unspecified atom stereocenters. The lowest BCUT2D eigenvalue weighted by Gasteiger charge is -2.05. The first-order chi connectivity index (χ1) is 10.6. The minimum atomic E-state index is -0.0913. The zero-order chi connectivity index (χ0) is 15.9. The molecular weight excluding hydrogens is 280 g/mol. The molecule has 3 aromatic carbocycles. The van der Waals surface area contributed by atoms with Gasteiger partial charge < -0.3 is 20.4 Å². The van der Waals surface area contributed by atoms with E-state index in [1.54, 1.807) is 24.3 Å². The van der Waals surface area contributed by atoms with Crippen LogP contribution in [-0.4, -0.2) is 20.4 Å². The van der Waals surface area contributed by atoms with Crippen LogP contribution in [-0.2, 0) is 0 Å². The smallest absolute Gasteiger partial charge is 0.165 e. The first kappa shape index (κ1) is 15.3. The molecule has 0 amide bonds. The van der Waals surface area contributed by atoms with E-state index in [0.717, 1.165) is 5.56 Å². The van der Waals surface area contributed by atoms with E-state index < -0.39 is 0 Å². The number of phenols is 4. The molecule has 0 aliphatic heterocycles. The summed E-state index contributed by atoms with van der Waals surface area (Å²) in [5.74, 6) is -0.315. The third kappa shape index (κ3) is 3.70. The van der Waals surface area contributed by atoms with E-state index in [0.29, 0.717) is 5.56 Å². The minimum absolute atomic E-state index is 0.0706. The largest absolute Gasteiger partial charge is 0.504 e. The number of rotatable bonds is 1. The van der Waals surface area contributed by atoms with E-state index in [-0.39, 0.29) is 23.0 Å². The Kier molecular flexibility index (Phi) is 4.88. The SMILES string of the molecule is Oc1cccc(-c2ccccc2)c1O.Oc1ccccc1O. The molecule has 4 N–H and O–H groups in total. The molecule has 3 aromatic rings. The molecule has 3 rings (SSSR count). The molecule has 0 heterocycles. The zero-order valence-electron chi connectivity index (χ0n) is 11.7. The monoisotopic (exact) mass is 296 g/mol. The van der Waals surface area contributed by atoms with Crippen molar-refractivity contribution in [2.45, 2.75) is 0 Å². The lowest BCUT2D eigenvalue weighted by Crippen LogP contribution is -1.78. The molecule has 0 radical (unpaired) electrons. The Morgan fingerprint density at radius 3 is 1.50 bits per heavy atom. The molecule has 0 aromatic heterocycles. The second-order valence-electron chi connectivity index (χ2n) is 4.53. The Balaban J connectivity index is 0.000000188. The standard InChI is InChI=1S/C12H10O2.C6H6O2/c13-11-8-4-7-10(12(11)14)9-5-2-1-3-6-9;7-5-3-1-2-4-6(5)8/h1-8,13-14H;1-4,7-8H. The van der Waals surface area contributed by atoms with Crippen LogP contribution in [0.25, 0.3) is 11.1 Å². The van der Waals surface area contributed by atoms with Gasteiger partial charge >= 0.3 is 0 Å². The van der Waals surface area contributed by atoms with Gasteiger partial charge in [-0.05, 0) is 23.8 Å². The van der Waals surface area contributed by atoms with Gasteiger partial charge in [0.15, 0.2) is 23.0 Å². The molecule has 0 saturated carbocycles. The van der Waals surface area contributed by atoms with Crippen molar-refractivity contribution in [3.05, 3.63) is 72.8 Å². The number of para-hydroxylation sites is 3. The maximum absolute atomic E-state index is 9.60. The van der Waals surface area contributed by atoms with Gasteiger partial charge in [-0.25, -0.2) is 0 Å². The van der Waals surface area contributed by atoms with Crippen LogP contribution in [0.15, 0.2) is 72.8 Å². The number of hydrogen-bond donors (Lipinski definition) is 4. The highest BCUT2D eigenvalue weighted by atomic mass is 16.3. The first-order valence-corrected chi connectivity index (χ1v) is 6.63. The second-order valence-corrected chi connectivity index (χ2v) is 4.53. The van der Waals surface area contributed by atoms with Crippen molar-refractivity contribution in [1.82, 2.24) is 0 Å². The summed E-state index contributed by atoms with van der Waals surface area (Å²) >= 11 is 0. The summed E-state index contributed by atoms with van der Waals surface area (Å²) in [7, 11) is 0. The van der Waals surface area contributed by atoms with Gasteiger partial charge in [0, 0.05) is 5.56 Å². The summed E-state index contributed by atoms with van der Waals surface area (Å²) in [5, 5.41) is 36.3. The third-order valence-corrected chi connectivity index (χ3v) is 2.98. The third-order valence-electron chi connectivity index (χ3n) is 2.98. The van der Waals surface area contributed by atoms with Crippen LogP contribution in [0.1, 0.15) is 0 Å². The van der Waals surface area contributed by atoms with Crippen LogP contribution < -0.4 is 0 Å². The molecule has 4 heteroatoms. The molecule has 22 heavy (non-hydrogen) atoms. The zero-order valence-corrected chi connectivity index (χ0v) is 11.7. The van der Waals surface area contributed by atoms with Gasteiger partial charge in [0.25, 0.3) is 0 Å². The predicted molar refractivity (Wildman–Crippen MR) is 85.0 cm³/mol. The molecule has 0 aliphatic carbocycles.